The smallest absolute Gasteiger partial charge is 0.297 e. The maximum absolute atomic E-state index is 12.4. The summed E-state index contributed by atoms with van der Waals surface area (Å²) in [5, 5.41) is 11.2. The molecule has 5 nitrogen and oxygen atoms in total. The quantitative estimate of drug-likeness (QED) is 0.397. The third kappa shape index (κ3) is 7.80. The molecular weight excluding hydrogens is 259 g/mol. The molecule has 0 rings (SSSR count). The Kier molecular flexibility index (Phi) is 8.10. The lowest BCUT2D eigenvalue weighted by molar-refractivity contribution is 0.0820. The zero-order valence-corrected chi connectivity index (χ0v) is 12.6. The number of nitrogens with one attached hydrogen (secondary N) is 1. The normalized spacial score (nSPS) is 15.2. The van der Waals surface area contributed by atoms with Crippen molar-refractivity contribution >= 4 is 18.2 Å². The van der Waals surface area contributed by atoms with E-state index < -0.39 is 12.4 Å². The molecule has 1 unspecified atom stereocenters. The number of nitriles is 1. The molecular formula is C10H21N2O3PS. The second kappa shape index (κ2) is 8.12. The topological polar surface area (TPSA) is 71.3 Å². The van der Waals surface area contributed by atoms with E-state index in [0.29, 0.717) is 12.2 Å². The van der Waals surface area contributed by atoms with Crippen molar-refractivity contribution in [1.82, 2.24) is 5.32 Å². The van der Waals surface area contributed by atoms with Gasteiger partial charge in [0, 0.05) is 12.2 Å². The molecule has 0 bridgehead atoms. The van der Waals surface area contributed by atoms with Crippen LogP contribution in [-0.2, 0) is 13.6 Å². The second-order valence-electron chi connectivity index (χ2n) is 4.02. The van der Waals surface area contributed by atoms with E-state index in [4.69, 9.17) is 14.3 Å². The fourth-order valence-corrected chi connectivity index (χ4v) is 4.50. The van der Waals surface area contributed by atoms with Crippen molar-refractivity contribution in [3.63, 3.8) is 0 Å². The molecule has 17 heavy (non-hydrogen) atoms. The van der Waals surface area contributed by atoms with Gasteiger partial charge >= 0.3 is 6.80 Å². The molecule has 7 heteroatoms. The molecule has 0 aromatic rings. The first-order valence-corrected chi connectivity index (χ1v) is 8.64. The lowest BCUT2D eigenvalue weighted by Crippen LogP contribution is -2.22. The molecule has 0 saturated heterocycles. The van der Waals surface area contributed by atoms with Crippen LogP contribution in [0.1, 0.15) is 33.6 Å². The summed E-state index contributed by atoms with van der Waals surface area (Å²) in [7, 11) is 1.70. The van der Waals surface area contributed by atoms with E-state index in [-0.39, 0.29) is 6.73 Å². The lowest BCUT2D eigenvalue weighted by Gasteiger charge is -2.28. The average molecular weight is 280 g/mol. The Balaban J connectivity index is 4.50. The molecule has 1 N–H and O–H groups in total. The van der Waals surface area contributed by atoms with Crippen LogP contribution >= 0.6 is 18.2 Å². The van der Waals surface area contributed by atoms with Crippen LogP contribution in [0.15, 0.2) is 0 Å². The van der Waals surface area contributed by atoms with Crippen molar-refractivity contribution in [3.8, 4) is 6.07 Å². The van der Waals surface area contributed by atoms with Crippen molar-refractivity contribution in [2.45, 2.75) is 39.2 Å². The zero-order chi connectivity index (χ0) is 13.4. The molecule has 0 aliphatic carbocycles. The molecule has 0 aromatic carbocycles. The monoisotopic (exact) mass is 280 g/mol. The second-order valence-corrected chi connectivity index (χ2v) is 8.14. The first kappa shape index (κ1) is 16.9. The number of hydrogen-bond donors (Lipinski definition) is 1. The molecule has 0 heterocycles. The largest absolute Gasteiger partial charge is 0.390 e. The van der Waals surface area contributed by atoms with Crippen molar-refractivity contribution < 1.29 is 13.6 Å². The van der Waals surface area contributed by atoms with Gasteiger partial charge in [-0.2, -0.15) is 5.26 Å². The van der Waals surface area contributed by atoms with Gasteiger partial charge in [-0.25, -0.2) is 4.57 Å². The molecule has 0 radical (unpaired) electrons. The SMILES string of the molecule is CCC(C)(C)OP(=O)(OCNC)SCCC#N. The van der Waals surface area contributed by atoms with Crippen LogP contribution in [0, 0.1) is 11.3 Å². The number of nitrogens with zero attached hydrogens (tertiary/aromatic N) is 1. The fourth-order valence-electron chi connectivity index (χ4n) is 0.804. The Hall–Kier alpha value is -0.0500. The van der Waals surface area contributed by atoms with Gasteiger partial charge < -0.3 is 0 Å². The summed E-state index contributed by atoms with van der Waals surface area (Å²) in [6, 6.07) is 2.00. The van der Waals surface area contributed by atoms with Gasteiger partial charge in [-0.05, 0) is 38.7 Å². The van der Waals surface area contributed by atoms with Crippen LogP contribution in [0.3, 0.4) is 0 Å². The van der Waals surface area contributed by atoms with E-state index in [1.54, 1.807) is 7.05 Å². The van der Waals surface area contributed by atoms with Gasteiger partial charge in [0.1, 0.15) is 6.73 Å². The summed E-state index contributed by atoms with van der Waals surface area (Å²) < 4.78 is 23.2. The highest BCUT2D eigenvalue weighted by Gasteiger charge is 2.33. The molecule has 1 atom stereocenters. The van der Waals surface area contributed by atoms with E-state index in [2.05, 4.69) is 5.32 Å². The van der Waals surface area contributed by atoms with Crippen molar-refractivity contribution in [2.75, 3.05) is 19.5 Å². The fraction of sp³-hybridized carbons (Fsp3) is 0.900. The van der Waals surface area contributed by atoms with Crippen LogP contribution in [0.25, 0.3) is 0 Å². The van der Waals surface area contributed by atoms with Gasteiger partial charge in [0.15, 0.2) is 0 Å². The van der Waals surface area contributed by atoms with E-state index in [1.165, 1.54) is 0 Å². The van der Waals surface area contributed by atoms with Crippen LogP contribution in [0.5, 0.6) is 0 Å². The summed E-state index contributed by atoms with van der Waals surface area (Å²) in [4.78, 5) is 0. The number of hydrogen-bond acceptors (Lipinski definition) is 6. The highest BCUT2D eigenvalue weighted by atomic mass is 32.7. The van der Waals surface area contributed by atoms with Crippen molar-refractivity contribution in [3.05, 3.63) is 0 Å². The van der Waals surface area contributed by atoms with Gasteiger partial charge in [-0.3, -0.25) is 14.4 Å². The number of rotatable bonds is 9. The molecule has 0 amide bonds. The van der Waals surface area contributed by atoms with Gasteiger partial charge in [0.2, 0.25) is 0 Å². The van der Waals surface area contributed by atoms with Crippen LogP contribution in [-0.4, -0.2) is 25.1 Å². The van der Waals surface area contributed by atoms with Crippen molar-refractivity contribution in [2.24, 2.45) is 0 Å². The molecule has 0 aliphatic rings. The highest BCUT2D eigenvalue weighted by molar-refractivity contribution is 8.55. The molecule has 100 valence electrons. The van der Waals surface area contributed by atoms with Gasteiger partial charge in [-0.15, -0.1) is 0 Å². The van der Waals surface area contributed by atoms with Gasteiger partial charge in [-0.1, -0.05) is 6.92 Å². The predicted octanol–water partition coefficient (Wildman–Crippen LogP) is 3.14. The lowest BCUT2D eigenvalue weighted by atomic mass is 10.1. The van der Waals surface area contributed by atoms with Crippen molar-refractivity contribution in [1.29, 1.82) is 5.26 Å². The third-order valence-electron chi connectivity index (χ3n) is 2.04. The Morgan fingerprint density at radius 1 is 1.53 bits per heavy atom. The van der Waals surface area contributed by atoms with Gasteiger partial charge in [0.25, 0.3) is 0 Å². The maximum Gasteiger partial charge on any atom is 0.390 e. The minimum Gasteiger partial charge on any atom is -0.297 e. The van der Waals surface area contributed by atoms with Crippen LogP contribution < -0.4 is 5.32 Å². The Bertz CT molecular complexity index is 304. The zero-order valence-electron chi connectivity index (χ0n) is 10.9. The summed E-state index contributed by atoms with van der Waals surface area (Å²) in [6.07, 6.45) is 1.06. The molecule has 0 fully saturated rings. The minimum atomic E-state index is -3.20. The van der Waals surface area contributed by atoms with Crippen LogP contribution in [0.2, 0.25) is 0 Å². The Morgan fingerprint density at radius 2 is 2.18 bits per heavy atom. The summed E-state index contributed by atoms with van der Waals surface area (Å²) in [6.45, 7) is 2.66. The first-order chi connectivity index (χ1) is 7.89. The maximum atomic E-state index is 12.4. The van der Waals surface area contributed by atoms with E-state index in [0.717, 1.165) is 17.8 Å². The Labute approximate surface area is 108 Å². The van der Waals surface area contributed by atoms with E-state index in [9.17, 15) is 4.57 Å². The summed E-state index contributed by atoms with van der Waals surface area (Å²) >= 11 is 1.08. The highest BCUT2D eigenvalue weighted by Crippen LogP contribution is 2.63. The Morgan fingerprint density at radius 3 is 2.65 bits per heavy atom. The molecule has 0 aliphatic heterocycles. The van der Waals surface area contributed by atoms with E-state index >= 15 is 0 Å². The minimum absolute atomic E-state index is 0.163. The molecule has 0 saturated carbocycles. The predicted molar refractivity (Wildman–Crippen MR) is 70.8 cm³/mol. The first-order valence-electron chi connectivity index (χ1n) is 5.50. The average Bonchev–Trinajstić information content (AvgIpc) is 2.26. The summed E-state index contributed by atoms with van der Waals surface area (Å²) in [5.41, 5.74) is -0.497. The van der Waals surface area contributed by atoms with E-state index in [1.807, 2.05) is 26.8 Å². The van der Waals surface area contributed by atoms with Crippen LogP contribution in [0.4, 0.5) is 0 Å². The summed E-state index contributed by atoms with van der Waals surface area (Å²) in [5.74, 6) is 0.442. The molecule has 0 aromatic heterocycles. The van der Waals surface area contributed by atoms with Gasteiger partial charge in [0.05, 0.1) is 11.7 Å². The third-order valence-corrected chi connectivity index (χ3v) is 5.94. The standard InChI is InChI=1S/C10H21N2O3PS/c1-5-10(2,3)15-16(13,14-9-12-4)17-8-6-7-11/h12H,5-6,8-9H2,1-4H3. The molecule has 0 spiro atoms.